The van der Waals surface area contributed by atoms with Gasteiger partial charge in [-0.15, -0.1) is 11.3 Å². The first-order chi connectivity index (χ1) is 9.79. The summed E-state index contributed by atoms with van der Waals surface area (Å²) in [4.78, 5) is 1.37. The van der Waals surface area contributed by atoms with Crippen molar-refractivity contribution in [2.24, 2.45) is 0 Å². The second kappa shape index (κ2) is 8.45. The highest BCUT2D eigenvalue weighted by Gasteiger charge is 2.13. The van der Waals surface area contributed by atoms with Gasteiger partial charge >= 0.3 is 0 Å². The van der Waals surface area contributed by atoms with Crippen LogP contribution in [-0.4, -0.2) is 19.2 Å². The van der Waals surface area contributed by atoms with Crippen LogP contribution in [0.3, 0.4) is 0 Å². The highest BCUT2D eigenvalue weighted by molar-refractivity contribution is 9.10. The van der Waals surface area contributed by atoms with E-state index in [1.165, 1.54) is 9.35 Å². The molecule has 2 aromatic rings. The van der Waals surface area contributed by atoms with Crippen molar-refractivity contribution >= 4 is 27.3 Å². The fourth-order valence-corrected chi connectivity index (χ4v) is 3.54. The third kappa shape index (κ3) is 4.93. The van der Waals surface area contributed by atoms with Crippen LogP contribution in [0, 0.1) is 0 Å². The number of nitrogens with one attached hydrogen (secondary N) is 1. The first kappa shape index (κ1) is 15.5. The molecule has 0 aliphatic heterocycles. The Morgan fingerprint density at radius 3 is 2.70 bits per heavy atom. The predicted octanol–water partition coefficient (Wildman–Crippen LogP) is 4.50. The lowest BCUT2D eigenvalue weighted by molar-refractivity contribution is 0.263. The Labute approximate surface area is 133 Å². The Bertz CT molecular complexity index is 500. The first-order valence-electron chi connectivity index (χ1n) is 6.92. The molecule has 1 aromatic carbocycles. The van der Waals surface area contributed by atoms with Crippen LogP contribution in [0.2, 0.25) is 0 Å². The molecule has 2 nitrogen and oxygen atoms in total. The number of hydrogen-bond acceptors (Lipinski definition) is 3. The van der Waals surface area contributed by atoms with Gasteiger partial charge in [0, 0.05) is 21.8 Å². The molecule has 0 saturated carbocycles. The van der Waals surface area contributed by atoms with E-state index in [4.69, 9.17) is 4.74 Å². The van der Waals surface area contributed by atoms with Crippen LogP contribution in [0.15, 0.2) is 46.3 Å². The van der Waals surface area contributed by atoms with Crippen molar-refractivity contribution in [3.8, 4) is 5.75 Å². The quantitative estimate of drug-likeness (QED) is 0.754. The summed E-state index contributed by atoms with van der Waals surface area (Å²) in [6, 6.07) is 12.4. The average molecular weight is 354 g/mol. The van der Waals surface area contributed by atoms with Gasteiger partial charge in [-0.25, -0.2) is 0 Å². The van der Waals surface area contributed by atoms with E-state index in [2.05, 4.69) is 39.6 Å². The summed E-state index contributed by atoms with van der Waals surface area (Å²) in [7, 11) is 0. The highest BCUT2D eigenvalue weighted by Crippen LogP contribution is 2.24. The molecule has 1 N–H and O–H groups in total. The lowest BCUT2D eigenvalue weighted by atomic mass is 10.2. The largest absolute Gasteiger partial charge is 0.492 e. The van der Waals surface area contributed by atoms with E-state index in [0.717, 1.165) is 25.1 Å². The lowest BCUT2D eigenvalue weighted by Gasteiger charge is -2.19. The molecule has 4 heteroatoms. The van der Waals surface area contributed by atoms with Crippen molar-refractivity contribution in [3.05, 3.63) is 51.1 Å². The van der Waals surface area contributed by atoms with Crippen LogP contribution < -0.4 is 10.1 Å². The second-order valence-electron chi connectivity index (χ2n) is 4.67. The molecule has 1 atom stereocenters. The average Bonchev–Trinajstić information content (AvgIpc) is 2.88. The number of thiophene rings is 1. The summed E-state index contributed by atoms with van der Waals surface area (Å²) in [6.07, 6.45) is 2.12. The molecule has 0 aliphatic rings. The minimum atomic E-state index is 0.338. The van der Waals surface area contributed by atoms with Crippen LogP contribution in [0.4, 0.5) is 0 Å². The first-order valence-corrected chi connectivity index (χ1v) is 8.60. The number of hydrogen-bond donors (Lipinski definition) is 1. The molecule has 0 spiro atoms. The second-order valence-corrected chi connectivity index (χ2v) is 6.53. The zero-order valence-corrected chi connectivity index (χ0v) is 14.0. The molecule has 20 heavy (non-hydrogen) atoms. The van der Waals surface area contributed by atoms with Gasteiger partial charge in [-0.2, -0.15) is 0 Å². The van der Waals surface area contributed by atoms with E-state index in [-0.39, 0.29) is 0 Å². The van der Waals surface area contributed by atoms with Crippen molar-refractivity contribution in [2.75, 3.05) is 13.2 Å². The van der Waals surface area contributed by atoms with Crippen LogP contribution in [0.1, 0.15) is 18.2 Å². The number of para-hydroxylation sites is 1. The Morgan fingerprint density at radius 1 is 1.25 bits per heavy atom. The van der Waals surface area contributed by atoms with Crippen molar-refractivity contribution in [1.29, 1.82) is 0 Å². The summed E-state index contributed by atoms with van der Waals surface area (Å²) >= 11 is 5.39. The van der Waals surface area contributed by atoms with E-state index >= 15 is 0 Å². The van der Waals surface area contributed by atoms with Crippen molar-refractivity contribution in [3.63, 3.8) is 0 Å². The third-order valence-electron chi connectivity index (χ3n) is 3.00. The molecule has 1 aromatic heterocycles. The minimum Gasteiger partial charge on any atom is -0.492 e. The molecule has 0 saturated heterocycles. The normalized spacial score (nSPS) is 12.3. The molecule has 0 amide bonds. The van der Waals surface area contributed by atoms with Gasteiger partial charge in [-0.3, -0.25) is 0 Å². The zero-order chi connectivity index (χ0) is 14.2. The highest BCUT2D eigenvalue weighted by atomic mass is 79.9. The predicted molar refractivity (Wildman–Crippen MR) is 89.7 cm³/mol. The van der Waals surface area contributed by atoms with Crippen molar-refractivity contribution in [1.82, 2.24) is 5.32 Å². The van der Waals surface area contributed by atoms with Crippen LogP contribution in [-0.2, 0) is 6.42 Å². The van der Waals surface area contributed by atoms with E-state index in [0.29, 0.717) is 12.6 Å². The molecule has 0 aliphatic carbocycles. The van der Waals surface area contributed by atoms with E-state index in [9.17, 15) is 0 Å². The molecule has 1 unspecified atom stereocenters. The number of benzene rings is 1. The summed E-state index contributed by atoms with van der Waals surface area (Å²) in [5.41, 5.74) is 0. The third-order valence-corrected chi connectivity index (χ3v) is 4.95. The van der Waals surface area contributed by atoms with E-state index in [1.807, 2.05) is 30.3 Å². The van der Waals surface area contributed by atoms with Crippen molar-refractivity contribution < 1.29 is 4.74 Å². The Balaban J connectivity index is 1.91. The smallest absolute Gasteiger partial charge is 0.119 e. The van der Waals surface area contributed by atoms with Gasteiger partial charge in [0.2, 0.25) is 0 Å². The van der Waals surface area contributed by atoms with E-state index < -0.39 is 0 Å². The molecular formula is C16H20BrNOS. The number of halogens is 1. The Morgan fingerprint density at radius 2 is 2.05 bits per heavy atom. The molecule has 2 rings (SSSR count). The van der Waals surface area contributed by atoms with E-state index in [1.54, 1.807) is 11.3 Å². The van der Waals surface area contributed by atoms with Gasteiger partial charge in [-0.1, -0.05) is 25.1 Å². The maximum absolute atomic E-state index is 5.88. The minimum absolute atomic E-state index is 0.338. The van der Waals surface area contributed by atoms with Gasteiger partial charge < -0.3 is 10.1 Å². The molecule has 108 valence electrons. The maximum Gasteiger partial charge on any atom is 0.119 e. The number of ether oxygens (including phenoxy) is 1. The van der Waals surface area contributed by atoms with Gasteiger partial charge in [-0.05, 0) is 52.5 Å². The van der Waals surface area contributed by atoms with Gasteiger partial charge in [0.1, 0.15) is 12.4 Å². The van der Waals surface area contributed by atoms with Crippen LogP contribution in [0.5, 0.6) is 5.75 Å². The molecule has 0 bridgehead atoms. The molecule has 0 radical (unpaired) electrons. The van der Waals surface area contributed by atoms with Crippen LogP contribution in [0.25, 0.3) is 0 Å². The fraction of sp³-hybridized carbons (Fsp3) is 0.375. The Kier molecular flexibility index (Phi) is 6.57. The number of rotatable bonds is 8. The molecule has 0 fully saturated rings. The Hall–Kier alpha value is -0.840. The monoisotopic (exact) mass is 353 g/mol. The summed E-state index contributed by atoms with van der Waals surface area (Å²) in [5.74, 6) is 0.932. The standard InChI is InChI=1S/C16H20BrNOS/c1-2-9-18-13(11-16-15(17)8-10-20-16)12-19-14-6-4-3-5-7-14/h3-8,10,13,18H,2,9,11-12H2,1H3. The van der Waals surface area contributed by atoms with Crippen LogP contribution >= 0.6 is 27.3 Å². The van der Waals surface area contributed by atoms with Gasteiger partial charge in [0.25, 0.3) is 0 Å². The van der Waals surface area contributed by atoms with Gasteiger partial charge in [0.15, 0.2) is 0 Å². The fourth-order valence-electron chi connectivity index (χ4n) is 1.95. The maximum atomic E-state index is 5.88. The topological polar surface area (TPSA) is 21.3 Å². The summed E-state index contributed by atoms with van der Waals surface area (Å²) in [6.45, 7) is 3.89. The lowest BCUT2D eigenvalue weighted by Crippen LogP contribution is -2.37. The van der Waals surface area contributed by atoms with Crippen molar-refractivity contribution in [2.45, 2.75) is 25.8 Å². The zero-order valence-electron chi connectivity index (χ0n) is 11.6. The summed E-state index contributed by atoms with van der Waals surface area (Å²) in [5, 5.41) is 5.69. The molecule has 1 heterocycles. The molecular weight excluding hydrogens is 334 g/mol. The SMILES string of the molecule is CCCNC(COc1ccccc1)Cc1sccc1Br. The summed E-state index contributed by atoms with van der Waals surface area (Å²) < 4.78 is 7.08. The van der Waals surface area contributed by atoms with Gasteiger partial charge in [0.05, 0.1) is 0 Å².